The molecule has 1 N–H and O–H groups in total. The van der Waals surface area contributed by atoms with Crippen molar-refractivity contribution in [2.75, 3.05) is 0 Å². The summed E-state index contributed by atoms with van der Waals surface area (Å²) in [5.41, 5.74) is 1.91. The van der Waals surface area contributed by atoms with Gasteiger partial charge in [-0.3, -0.25) is 0 Å². The summed E-state index contributed by atoms with van der Waals surface area (Å²) in [4.78, 5) is 0. The van der Waals surface area contributed by atoms with Crippen LogP contribution in [0.15, 0.2) is 48.5 Å². The van der Waals surface area contributed by atoms with Gasteiger partial charge in [0.15, 0.2) is 0 Å². The van der Waals surface area contributed by atoms with E-state index >= 15 is 0 Å². The first-order valence-corrected chi connectivity index (χ1v) is 9.10. The Kier molecular flexibility index (Phi) is 5.13. The molecular formula is C22H28O2. The Hall–Kier alpha value is -1.96. The van der Waals surface area contributed by atoms with Crippen molar-refractivity contribution in [1.82, 2.24) is 0 Å². The zero-order valence-electron chi connectivity index (χ0n) is 14.8. The van der Waals surface area contributed by atoms with Crippen LogP contribution in [0.1, 0.15) is 63.0 Å². The van der Waals surface area contributed by atoms with E-state index in [2.05, 4.69) is 38.1 Å². The lowest BCUT2D eigenvalue weighted by molar-refractivity contribution is 0.107. The van der Waals surface area contributed by atoms with E-state index in [0.717, 1.165) is 11.3 Å². The maximum atomic E-state index is 10.0. The molecule has 2 aromatic carbocycles. The number of aromatic hydroxyl groups is 1. The van der Waals surface area contributed by atoms with Crippen LogP contribution in [-0.2, 0) is 6.42 Å². The third-order valence-corrected chi connectivity index (χ3v) is 4.96. The molecule has 128 valence electrons. The number of ether oxygens (including phenoxy) is 1. The van der Waals surface area contributed by atoms with E-state index in [9.17, 15) is 5.11 Å². The molecule has 1 saturated carbocycles. The quantitative estimate of drug-likeness (QED) is 0.748. The van der Waals surface area contributed by atoms with Gasteiger partial charge in [0, 0.05) is 6.42 Å². The minimum Gasteiger partial charge on any atom is -0.508 e. The Morgan fingerprint density at radius 1 is 0.958 bits per heavy atom. The van der Waals surface area contributed by atoms with Gasteiger partial charge in [-0.05, 0) is 55.9 Å². The zero-order valence-corrected chi connectivity index (χ0v) is 14.8. The van der Waals surface area contributed by atoms with Crippen molar-refractivity contribution in [3.05, 3.63) is 59.7 Å². The van der Waals surface area contributed by atoms with Gasteiger partial charge in [-0.1, -0.05) is 55.7 Å². The number of phenols is 1. The van der Waals surface area contributed by atoms with Gasteiger partial charge in [0.2, 0.25) is 0 Å². The predicted molar refractivity (Wildman–Crippen MR) is 98.8 cm³/mol. The summed E-state index contributed by atoms with van der Waals surface area (Å²) in [6.07, 6.45) is 7.21. The summed E-state index contributed by atoms with van der Waals surface area (Å²) in [5.74, 6) is 1.97. The van der Waals surface area contributed by atoms with E-state index in [1.807, 2.05) is 18.2 Å². The highest BCUT2D eigenvalue weighted by atomic mass is 16.5. The number of hydrogen-bond donors (Lipinski definition) is 1. The first-order valence-electron chi connectivity index (χ1n) is 9.10. The van der Waals surface area contributed by atoms with Crippen molar-refractivity contribution in [2.45, 2.75) is 63.9 Å². The lowest BCUT2D eigenvalue weighted by Gasteiger charge is -2.31. The fourth-order valence-electron chi connectivity index (χ4n) is 3.78. The van der Waals surface area contributed by atoms with Crippen molar-refractivity contribution in [3.63, 3.8) is 0 Å². The van der Waals surface area contributed by atoms with Crippen molar-refractivity contribution in [2.24, 2.45) is 0 Å². The van der Waals surface area contributed by atoms with Gasteiger partial charge in [-0.15, -0.1) is 0 Å². The van der Waals surface area contributed by atoms with Crippen LogP contribution in [-0.4, -0.2) is 10.7 Å². The molecule has 0 atom stereocenters. The minimum atomic E-state index is -0.371. The summed E-state index contributed by atoms with van der Waals surface area (Å²) in [5, 5.41) is 10.0. The summed E-state index contributed by atoms with van der Waals surface area (Å²) in [6, 6.07) is 16.0. The first kappa shape index (κ1) is 16.9. The van der Waals surface area contributed by atoms with Crippen molar-refractivity contribution < 1.29 is 9.84 Å². The molecule has 0 radical (unpaired) electrons. The molecule has 0 unspecified atom stereocenters. The zero-order chi connectivity index (χ0) is 17.0. The standard InChI is InChI=1S/C22H28O2/c1-22(2,16-18-12-6-8-14-20(18)23)24-21-15-9-7-13-19(21)17-10-4-3-5-11-17/h6-9,12-15,17,23H,3-5,10-11,16H2,1-2H3. The van der Waals surface area contributed by atoms with Gasteiger partial charge in [0.25, 0.3) is 0 Å². The Bertz CT molecular complexity index is 669. The van der Waals surface area contributed by atoms with E-state index in [1.54, 1.807) is 6.07 Å². The second-order valence-electron chi connectivity index (χ2n) is 7.54. The third-order valence-electron chi connectivity index (χ3n) is 4.96. The molecule has 0 aromatic heterocycles. The normalized spacial score (nSPS) is 16.1. The SMILES string of the molecule is CC(C)(Cc1ccccc1O)Oc1ccccc1C1CCCCC1. The number of phenolic OH excluding ortho intramolecular Hbond substituents is 1. The second kappa shape index (κ2) is 7.29. The highest BCUT2D eigenvalue weighted by Gasteiger charge is 2.25. The number of para-hydroxylation sites is 2. The van der Waals surface area contributed by atoms with E-state index in [4.69, 9.17) is 4.74 Å². The van der Waals surface area contributed by atoms with Crippen molar-refractivity contribution in [3.8, 4) is 11.5 Å². The summed E-state index contributed by atoms with van der Waals surface area (Å²) >= 11 is 0. The maximum Gasteiger partial charge on any atom is 0.123 e. The maximum absolute atomic E-state index is 10.0. The number of hydrogen-bond acceptors (Lipinski definition) is 2. The van der Waals surface area contributed by atoms with Crippen LogP contribution in [0.4, 0.5) is 0 Å². The van der Waals surface area contributed by atoms with Crippen LogP contribution in [0.25, 0.3) is 0 Å². The van der Waals surface area contributed by atoms with Crippen molar-refractivity contribution >= 4 is 0 Å². The van der Waals surface area contributed by atoms with Gasteiger partial charge in [0.05, 0.1) is 0 Å². The molecular weight excluding hydrogens is 296 g/mol. The molecule has 1 aliphatic carbocycles. The van der Waals surface area contributed by atoms with E-state index in [-0.39, 0.29) is 5.60 Å². The first-order chi connectivity index (χ1) is 11.6. The topological polar surface area (TPSA) is 29.5 Å². The van der Waals surface area contributed by atoms with Crippen molar-refractivity contribution in [1.29, 1.82) is 0 Å². The van der Waals surface area contributed by atoms with E-state index in [1.165, 1.54) is 37.7 Å². The largest absolute Gasteiger partial charge is 0.508 e. The fraction of sp³-hybridized carbons (Fsp3) is 0.455. The lowest BCUT2D eigenvalue weighted by atomic mass is 9.83. The minimum absolute atomic E-state index is 0.342. The average molecular weight is 324 g/mol. The summed E-state index contributed by atoms with van der Waals surface area (Å²) < 4.78 is 6.43. The second-order valence-corrected chi connectivity index (χ2v) is 7.54. The molecule has 3 rings (SSSR count). The number of benzene rings is 2. The van der Waals surface area contributed by atoms with Gasteiger partial charge in [-0.2, -0.15) is 0 Å². The number of rotatable bonds is 5. The highest BCUT2D eigenvalue weighted by molar-refractivity contribution is 5.38. The van der Waals surface area contributed by atoms with Crippen LogP contribution in [0, 0.1) is 0 Å². The molecule has 24 heavy (non-hydrogen) atoms. The molecule has 0 heterocycles. The van der Waals surface area contributed by atoms with Crippen LogP contribution in [0.2, 0.25) is 0 Å². The Morgan fingerprint density at radius 2 is 1.62 bits per heavy atom. The van der Waals surface area contributed by atoms with Gasteiger partial charge < -0.3 is 9.84 Å². The summed E-state index contributed by atoms with van der Waals surface area (Å²) in [6.45, 7) is 4.19. The monoisotopic (exact) mass is 324 g/mol. The van der Waals surface area contributed by atoms with Gasteiger partial charge >= 0.3 is 0 Å². The van der Waals surface area contributed by atoms with E-state index < -0.39 is 0 Å². The van der Waals surface area contributed by atoms with E-state index in [0.29, 0.717) is 18.1 Å². The molecule has 2 nitrogen and oxygen atoms in total. The summed E-state index contributed by atoms with van der Waals surface area (Å²) in [7, 11) is 0. The molecule has 0 bridgehead atoms. The molecule has 0 spiro atoms. The van der Waals surface area contributed by atoms with Gasteiger partial charge in [-0.25, -0.2) is 0 Å². The Balaban J connectivity index is 1.78. The molecule has 1 aliphatic rings. The Labute approximate surface area is 145 Å². The van der Waals surface area contributed by atoms with Crippen LogP contribution >= 0.6 is 0 Å². The lowest BCUT2D eigenvalue weighted by Crippen LogP contribution is -2.31. The molecule has 0 amide bonds. The molecule has 0 aliphatic heterocycles. The smallest absolute Gasteiger partial charge is 0.123 e. The Morgan fingerprint density at radius 3 is 2.38 bits per heavy atom. The van der Waals surface area contributed by atoms with Gasteiger partial charge in [0.1, 0.15) is 17.1 Å². The molecule has 2 heteroatoms. The molecule has 2 aromatic rings. The fourth-order valence-corrected chi connectivity index (χ4v) is 3.78. The average Bonchev–Trinajstić information content (AvgIpc) is 2.58. The van der Waals surface area contributed by atoms with Crippen LogP contribution in [0.5, 0.6) is 11.5 Å². The molecule has 1 fully saturated rings. The van der Waals surface area contributed by atoms with Crippen LogP contribution in [0.3, 0.4) is 0 Å². The van der Waals surface area contributed by atoms with Crippen LogP contribution < -0.4 is 4.74 Å². The third kappa shape index (κ3) is 4.11. The predicted octanol–water partition coefficient (Wildman–Crippen LogP) is 5.84. The highest BCUT2D eigenvalue weighted by Crippen LogP contribution is 2.38. The molecule has 0 saturated heterocycles.